The van der Waals surface area contributed by atoms with Crippen molar-refractivity contribution in [2.24, 2.45) is 11.8 Å². The molecule has 2 amide bonds. The number of carboxylic acids is 1. The highest BCUT2D eigenvalue weighted by Gasteiger charge is 2.38. The van der Waals surface area contributed by atoms with Gasteiger partial charge < -0.3 is 14.9 Å². The third-order valence-electron chi connectivity index (χ3n) is 5.79. The van der Waals surface area contributed by atoms with Crippen molar-refractivity contribution in [2.75, 3.05) is 26.2 Å². The lowest BCUT2D eigenvalue weighted by atomic mass is 9.88. The molecule has 8 nitrogen and oxygen atoms in total. The smallest absolute Gasteiger partial charge is 0.308 e. The van der Waals surface area contributed by atoms with Crippen LogP contribution >= 0.6 is 0 Å². The summed E-state index contributed by atoms with van der Waals surface area (Å²) in [5.41, 5.74) is 2.86. The van der Waals surface area contributed by atoms with Gasteiger partial charge in [0.15, 0.2) is 0 Å². The van der Waals surface area contributed by atoms with Crippen LogP contribution in [0, 0.1) is 25.7 Å². The van der Waals surface area contributed by atoms with E-state index in [-0.39, 0.29) is 24.8 Å². The maximum Gasteiger partial charge on any atom is 0.308 e. The SMILES string of the molecule is Cc1n[nH]c(C)c1CCC(=O)N1C[C@H](C(=O)O)C[C@@H](C(=O)N2CCCC2)C1. The topological polar surface area (TPSA) is 107 Å². The van der Waals surface area contributed by atoms with Gasteiger partial charge in [0.05, 0.1) is 17.5 Å². The Bertz CT molecular complexity index is 704. The summed E-state index contributed by atoms with van der Waals surface area (Å²) in [4.78, 5) is 40.5. The number of piperidine rings is 1. The Morgan fingerprint density at radius 3 is 2.37 bits per heavy atom. The molecule has 0 unspecified atom stereocenters. The van der Waals surface area contributed by atoms with Crippen molar-refractivity contribution in [1.82, 2.24) is 20.0 Å². The largest absolute Gasteiger partial charge is 0.481 e. The van der Waals surface area contributed by atoms with Crippen LogP contribution in [-0.4, -0.2) is 69.1 Å². The number of carbonyl (C=O) groups excluding carboxylic acids is 2. The van der Waals surface area contributed by atoms with Crippen molar-refractivity contribution < 1.29 is 19.5 Å². The van der Waals surface area contributed by atoms with Gasteiger partial charge in [-0.1, -0.05) is 0 Å². The highest BCUT2D eigenvalue weighted by atomic mass is 16.4. The molecule has 2 N–H and O–H groups in total. The molecular weight excluding hydrogens is 348 g/mol. The molecule has 3 heterocycles. The molecule has 2 atom stereocenters. The van der Waals surface area contributed by atoms with E-state index in [0.717, 1.165) is 42.9 Å². The van der Waals surface area contributed by atoms with Gasteiger partial charge in [0.25, 0.3) is 0 Å². The van der Waals surface area contributed by atoms with Crippen LogP contribution in [0.25, 0.3) is 0 Å². The van der Waals surface area contributed by atoms with Crippen molar-refractivity contribution in [3.8, 4) is 0 Å². The molecule has 0 bridgehead atoms. The van der Waals surface area contributed by atoms with E-state index in [0.29, 0.717) is 19.4 Å². The second kappa shape index (κ2) is 8.10. The number of nitrogens with zero attached hydrogens (tertiary/aromatic N) is 3. The number of amides is 2. The molecule has 0 aliphatic carbocycles. The third-order valence-corrected chi connectivity index (χ3v) is 5.79. The summed E-state index contributed by atoms with van der Waals surface area (Å²) in [6, 6.07) is 0. The number of nitrogens with one attached hydrogen (secondary N) is 1. The molecule has 27 heavy (non-hydrogen) atoms. The van der Waals surface area contributed by atoms with Gasteiger partial charge in [-0.05, 0) is 45.1 Å². The fourth-order valence-corrected chi connectivity index (χ4v) is 4.19. The minimum absolute atomic E-state index is 0.00206. The van der Waals surface area contributed by atoms with Gasteiger partial charge in [-0.3, -0.25) is 19.5 Å². The normalized spacial score (nSPS) is 22.9. The van der Waals surface area contributed by atoms with E-state index >= 15 is 0 Å². The first-order valence-corrected chi connectivity index (χ1v) is 9.66. The minimum atomic E-state index is -0.937. The van der Waals surface area contributed by atoms with Crippen LogP contribution in [0.2, 0.25) is 0 Å². The van der Waals surface area contributed by atoms with Crippen molar-refractivity contribution in [3.63, 3.8) is 0 Å². The van der Waals surface area contributed by atoms with Crippen LogP contribution in [0.15, 0.2) is 0 Å². The monoisotopic (exact) mass is 376 g/mol. The number of hydrogen-bond donors (Lipinski definition) is 2. The standard InChI is InChI=1S/C19H28N4O4/c1-12-16(13(2)21-20-12)5-6-17(24)23-10-14(9-15(11-23)19(26)27)18(25)22-7-3-4-8-22/h14-15H,3-11H2,1-2H3,(H,20,21)(H,26,27)/t14-,15-/m1/s1. The molecule has 3 rings (SSSR count). The summed E-state index contributed by atoms with van der Waals surface area (Å²) < 4.78 is 0. The maximum absolute atomic E-state index is 12.8. The lowest BCUT2D eigenvalue weighted by molar-refractivity contribution is -0.150. The van der Waals surface area contributed by atoms with E-state index in [4.69, 9.17) is 0 Å². The van der Waals surface area contributed by atoms with Crippen LogP contribution in [0.5, 0.6) is 0 Å². The molecule has 0 aromatic carbocycles. The van der Waals surface area contributed by atoms with Crippen molar-refractivity contribution in [3.05, 3.63) is 17.0 Å². The molecule has 0 saturated carbocycles. The second-order valence-corrected chi connectivity index (χ2v) is 7.71. The van der Waals surface area contributed by atoms with E-state index in [1.165, 1.54) is 0 Å². The summed E-state index contributed by atoms with van der Waals surface area (Å²) in [6.07, 6.45) is 3.15. The Morgan fingerprint density at radius 2 is 1.78 bits per heavy atom. The average Bonchev–Trinajstić information content (AvgIpc) is 3.29. The van der Waals surface area contributed by atoms with Gasteiger partial charge in [-0.15, -0.1) is 0 Å². The highest BCUT2D eigenvalue weighted by Crippen LogP contribution is 2.26. The zero-order valence-electron chi connectivity index (χ0n) is 16.0. The van der Waals surface area contributed by atoms with Gasteiger partial charge in [-0.2, -0.15) is 5.10 Å². The van der Waals surface area contributed by atoms with Crippen molar-refractivity contribution in [1.29, 1.82) is 0 Å². The molecule has 0 spiro atoms. The Hall–Kier alpha value is -2.38. The lowest BCUT2D eigenvalue weighted by Gasteiger charge is -2.37. The van der Waals surface area contributed by atoms with E-state index in [1.807, 2.05) is 18.7 Å². The number of H-pyrrole nitrogens is 1. The number of aliphatic carboxylic acids is 1. The molecular formula is C19H28N4O4. The molecule has 8 heteroatoms. The number of carbonyl (C=O) groups is 3. The lowest BCUT2D eigenvalue weighted by Crippen LogP contribution is -2.50. The second-order valence-electron chi connectivity index (χ2n) is 7.71. The van der Waals surface area contributed by atoms with Gasteiger partial charge in [0.1, 0.15) is 0 Å². The number of rotatable bonds is 5. The Morgan fingerprint density at radius 1 is 1.11 bits per heavy atom. The third kappa shape index (κ3) is 4.31. The number of hydrogen-bond acceptors (Lipinski definition) is 4. The predicted molar refractivity (Wildman–Crippen MR) is 98.0 cm³/mol. The highest BCUT2D eigenvalue weighted by molar-refractivity contribution is 5.83. The zero-order chi connectivity index (χ0) is 19.6. The summed E-state index contributed by atoms with van der Waals surface area (Å²) >= 11 is 0. The number of aromatic amines is 1. The molecule has 2 aliphatic rings. The average molecular weight is 376 g/mol. The van der Waals surface area contributed by atoms with Crippen molar-refractivity contribution >= 4 is 17.8 Å². The molecule has 2 fully saturated rings. The maximum atomic E-state index is 12.8. The number of aromatic nitrogens is 2. The number of aryl methyl sites for hydroxylation is 2. The van der Waals surface area contributed by atoms with E-state index in [1.54, 1.807) is 4.90 Å². The number of likely N-dealkylation sites (tertiary alicyclic amines) is 2. The number of carboxylic acid groups (broad SMARTS) is 1. The summed E-state index contributed by atoms with van der Waals surface area (Å²) in [6.45, 7) is 5.80. The van der Waals surface area contributed by atoms with Gasteiger partial charge in [0.2, 0.25) is 11.8 Å². The molecule has 2 saturated heterocycles. The summed E-state index contributed by atoms with van der Waals surface area (Å²) in [5.74, 6) is -2.14. The molecule has 2 aliphatic heterocycles. The first kappa shape index (κ1) is 19.4. The molecule has 1 aromatic rings. The predicted octanol–water partition coefficient (Wildman–Crippen LogP) is 1.13. The Labute approximate surface area is 158 Å². The van der Waals surface area contributed by atoms with Gasteiger partial charge in [0, 0.05) is 38.3 Å². The van der Waals surface area contributed by atoms with Crippen LogP contribution in [0.1, 0.15) is 42.6 Å². The van der Waals surface area contributed by atoms with Gasteiger partial charge in [-0.25, -0.2) is 0 Å². The van der Waals surface area contributed by atoms with E-state index < -0.39 is 17.8 Å². The fourth-order valence-electron chi connectivity index (χ4n) is 4.19. The van der Waals surface area contributed by atoms with Crippen LogP contribution < -0.4 is 0 Å². The van der Waals surface area contributed by atoms with Crippen LogP contribution in [-0.2, 0) is 20.8 Å². The van der Waals surface area contributed by atoms with Crippen molar-refractivity contribution in [2.45, 2.75) is 46.0 Å². The van der Waals surface area contributed by atoms with Crippen LogP contribution in [0.4, 0.5) is 0 Å². The fraction of sp³-hybridized carbons (Fsp3) is 0.684. The van der Waals surface area contributed by atoms with E-state index in [9.17, 15) is 19.5 Å². The summed E-state index contributed by atoms with van der Waals surface area (Å²) in [5, 5.41) is 16.5. The first-order valence-electron chi connectivity index (χ1n) is 9.66. The van der Waals surface area contributed by atoms with Crippen LogP contribution in [0.3, 0.4) is 0 Å². The molecule has 0 radical (unpaired) electrons. The quantitative estimate of drug-likeness (QED) is 0.801. The summed E-state index contributed by atoms with van der Waals surface area (Å²) in [7, 11) is 0. The molecule has 148 valence electrons. The van der Waals surface area contributed by atoms with E-state index in [2.05, 4.69) is 10.2 Å². The Kier molecular flexibility index (Phi) is 5.82. The first-order chi connectivity index (χ1) is 12.9. The zero-order valence-corrected chi connectivity index (χ0v) is 16.0. The minimum Gasteiger partial charge on any atom is -0.481 e. The van der Waals surface area contributed by atoms with Gasteiger partial charge >= 0.3 is 5.97 Å². The Balaban J connectivity index is 1.66. The molecule has 1 aromatic heterocycles.